The fourth-order valence-corrected chi connectivity index (χ4v) is 4.30. The van der Waals surface area contributed by atoms with E-state index in [0.29, 0.717) is 5.39 Å². The predicted octanol–water partition coefficient (Wildman–Crippen LogP) is 5.04. The van der Waals surface area contributed by atoms with Crippen molar-refractivity contribution in [1.82, 2.24) is 9.38 Å². The summed E-state index contributed by atoms with van der Waals surface area (Å²) in [6.07, 6.45) is 0. The van der Waals surface area contributed by atoms with E-state index >= 15 is 0 Å². The Morgan fingerprint density at radius 1 is 0.920 bits per heavy atom. The van der Waals surface area contributed by atoms with Crippen molar-refractivity contribution in [3.05, 3.63) is 82.6 Å². The smallest absolute Gasteiger partial charge is 0.266 e. The second kappa shape index (κ2) is 5.26. The minimum Gasteiger partial charge on any atom is -0.268 e. The number of hydrogen-bond acceptors (Lipinski definition) is 3. The van der Waals surface area contributed by atoms with E-state index in [4.69, 9.17) is 4.98 Å². The van der Waals surface area contributed by atoms with Gasteiger partial charge in [-0.1, -0.05) is 59.4 Å². The van der Waals surface area contributed by atoms with E-state index < -0.39 is 0 Å². The molecular weight excluding hydrogens is 328 g/mol. The molecule has 0 unspecified atom stereocenters. The van der Waals surface area contributed by atoms with Gasteiger partial charge in [0.05, 0.1) is 21.1 Å². The summed E-state index contributed by atoms with van der Waals surface area (Å²) < 4.78 is 2.80. The maximum Gasteiger partial charge on any atom is 0.266 e. The molecule has 0 aliphatic heterocycles. The molecule has 0 aliphatic carbocycles. The molecule has 0 saturated heterocycles. The monoisotopic (exact) mass is 342 g/mol. The number of nitrogens with zero attached hydrogens (tertiary/aromatic N) is 2. The maximum absolute atomic E-state index is 13.1. The summed E-state index contributed by atoms with van der Waals surface area (Å²) in [4.78, 5) is 18.6. The Kier molecular flexibility index (Phi) is 3.02. The molecule has 0 N–H and O–H groups in total. The van der Waals surface area contributed by atoms with Gasteiger partial charge >= 0.3 is 0 Å². The van der Waals surface area contributed by atoms with Gasteiger partial charge in [0.25, 0.3) is 5.56 Å². The van der Waals surface area contributed by atoms with Crippen LogP contribution in [-0.4, -0.2) is 9.38 Å². The van der Waals surface area contributed by atoms with Crippen molar-refractivity contribution in [1.29, 1.82) is 0 Å². The third kappa shape index (κ3) is 2.18. The van der Waals surface area contributed by atoms with Gasteiger partial charge in [-0.2, -0.15) is 0 Å². The molecule has 0 spiro atoms. The minimum atomic E-state index is -0.00745. The zero-order valence-electron chi connectivity index (χ0n) is 13.6. The van der Waals surface area contributed by atoms with Crippen LogP contribution in [0.2, 0.25) is 0 Å². The topological polar surface area (TPSA) is 34.4 Å². The number of rotatable bonds is 1. The summed E-state index contributed by atoms with van der Waals surface area (Å²) in [5, 5.41) is 0.653. The van der Waals surface area contributed by atoms with Crippen LogP contribution in [0.5, 0.6) is 0 Å². The Labute approximate surface area is 147 Å². The summed E-state index contributed by atoms with van der Waals surface area (Å²) in [6.45, 7) is 2.07. The molecule has 3 aromatic carbocycles. The first-order valence-corrected chi connectivity index (χ1v) is 8.93. The van der Waals surface area contributed by atoms with Crippen molar-refractivity contribution in [2.45, 2.75) is 6.92 Å². The Hall–Kier alpha value is -2.98. The van der Waals surface area contributed by atoms with E-state index in [2.05, 4.69) is 25.1 Å². The van der Waals surface area contributed by atoms with Crippen molar-refractivity contribution >= 4 is 37.4 Å². The summed E-state index contributed by atoms with van der Waals surface area (Å²) in [5.74, 6) is 0. The average molecular weight is 342 g/mol. The normalized spacial score (nSPS) is 11.6. The van der Waals surface area contributed by atoms with E-state index in [1.807, 2.05) is 48.5 Å². The second-order valence-corrected chi connectivity index (χ2v) is 7.22. The van der Waals surface area contributed by atoms with Gasteiger partial charge in [0.1, 0.15) is 0 Å². The molecular formula is C21H14N2OS. The molecule has 2 heterocycles. The number of benzene rings is 3. The van der Waals surface area contributed by atoms with Crippen molar-refractivity contribution in [2.24, 2.45) is 0 Å². The van der Waals surface area contributed by atoms with Gasteiger partial charge in [-0.3, -0.25) is 9.20 Å². The Balaban J connectivity index is 1.86. The lowest BCUT2D eigenvalue weighted by atomic mass is 10.0. The van der Waals surface area contributed by atoms with E-state index in [1.165, 1.54) is 5.56 Å². The minimum absolute atomic E-state index is 0.00745. The van der Waals surface area contributed by atoms with Crippen molar-refractivity contribution in [2.75, 3.05) is 0 Å². The fourth-order valence-electron chi connectivity index (χ4n) is 3.28. The van der Waals surface area contributed by atoms with E-state index in [0.717, 1.165) is 31.8 Å². The zero-order chi connectivity index (χ0) is 17.0. The summed E-state index contributed by atoms with van der Waals surface area (Å²) in [5.41, 5.74) is 5.01. The molecule has 0 fully saturated rings. The molecule has 2 aromatic heterocycles. The Morgan fingerprint density at radius 3 is 2.64 bits per heavy atom. The fraction of sp³-hybridized carbons (Fsp3) is 0.0476. The first-order chi connectivity index (χ1) is 12.2. The Morgan fingerprint density at radius 2 is 1.76 bits per heavy atom. The number of aryl methyl sites for hydroxylation is 1. The molecule has 0 saturated carbocycles. The Bertz CT molecular complexity index is 1330. The number of para-hydroxylation sites is 1. The first-order valence-electron chi connectivity index (χ1n) is 8.12. The van der Waals surface area contributed by atoms with Crippen LogP contribution in [-0.2, 0) is 0 Å². The van der Waals surface area contributed by atoms with Gasteiger partial charge in [-0.05, 0) is 42.3 Å². The predicted molar refractivity (Wildman–Crippen MR) is 105 cm³/mol. The highest BCUT2D eigenvalue weighted by molar-refractivity contribution is 7.23. The number of fused-ring (bicyclic) bond motifs is 4. The number of thiazole rings is 1. The molecule has 25 heavy (non-hydrogen) atoms. The third-order valence-corrected chi connectivity index (χ3v) is 5.52. The highest BCUT2D eigenvalue weighted by Crippen LogP contribution is 2.27. The van der Waals surface area contributed by atoms with E-state index in [9.17, 15) is 4.79 Å². The molecule has 4 heteroatoms. The molecule has 5 rings (SSSR count). The van der Waals surface area contributed by atoms with Crippen molar-refractivity contribution in [3.63, 3.8) is 0 Å². The highest BCUT2D eigenvalue weighted by atomic mass is 32.1. The molecule has 120 valence electrons. The van der Waals surface area contributed by atoms with Crippen LogP contribution in [0, 0.1) is 6.92 Å². The lowest BCUT2D eigenvalue weighted by Gasteiger charge is -2.05. The van der Waals surface area contributed by atoms with Crippen LogP contribution in [0.3, 0.4) is 0 Å². The standard InChI is InChI=1S/C21H14N2OS/c1-13-5-4-6-14(11-13)15-9-10-17-16(12-15)20(24)23-18-7-2-3-8-19(18)25-21(23)22-17/h2-12H,1H3. The van der Waals surface area contributed by atoms with Crippen molar-refractivity contribution in [3.8, 4) is 11.1 Å². The van der Waals surface area contributed by atoms with Gasteiger partial charge in [0.15, 0.2) is 4.96 Å². The van der Waals surface area contributed by atoms with Gasteiger partial charge < -0.3 is 0 Å². The summed E-state index contributed by atoms with van der Waals surface area (Å²) >= 11 is 1.55. The molecule has 0 amide bonds. The van der Waals surface area contributed by atoms with Gasteiger partial charge in [0, 0.05) is 0 Å². The molecule has 0 bridgehead atoms. The average Bonchev–Trinajstić information content (AvgIpc) is 3.00. The van der Waals surface area contributed by atoms with E-state index in [-0.39, 0.29) is 5.56 Å². The highest BCUT2D eigenvalue weighted by Gasteiger charge is 2.12. The first kappa shape index (κ1) is 14.4. The van der Waals surface area contributed by atoms with Gasteiger partial charge in [-0.15, -0.1) is 0 Å². The van der Waals surface area contributed by atoms with Gasteiger partial charge in [-0.25, -0.2) is 4.98 Å². The summed E-state index contributed by atoms with van der Waals surface area (Å²) in [7, 11) is 0. The number of hydrogen-bond donors (Lipinski definition) is 0. The quantitative estimate of drug-likeness (QED) is 0.428. The molecule has 0 aliphatic rings. The van der Waals surface area contributed by atoms with Crippen molar-refractivity contribution < 1.29 is 0 Å². The SMILES string of the molecule is Cc1cccc(-c2ccc3nc4sc5ccccc5n4c(=O)c3c2)c1. The largest absolute Gasteiger partial charge is 0.268 e. The van der Waals surface area contributed by atoms with Crippen LogP contribution in [0.1, 0.15) is 5.56 Å². The molecule has 0 radical (unpaired) electrons. The van der Waals surface area contributed by atoms with Gasteiger partial charge in [0.2, 0.25) is 0 Å². The van der Waals surface area contributed by atoms with Crippen LogP contribution < -0.4 is 5.56 Å². The number of aromatic nitrogens is 2. The second-order valence-electron chi connectivity index (χ2n) is 6.21. The zero-order valence-corrected chi connectivity index (χ0v) is 14.4. The third-order valence-electron chi connectivity index (χ3n) is 4.50. The molecule has 0 atom stereocenters. The van der Waals surface area contributed by atoms with E-state index in [1.54, 1.807) is 15.7 Å². The lowest BCUT2D eigenvalue weighted by Crippen LogP contribution is -2.13. The van der Waals surface area contributed by atoms with Crippen LogP contribution in [0.25, 0.3) is 37.2 Å². The van der Waals surface area contributed by atoms with Crippen LogP contribution >= 0.6 is 11.3 Å². The maximum atomic E-state index is 13.1. The van der Waals surface area contributed by atoms with Crippen LogP contribution in [0.4, 0.5) is 0 Å². The summed E-state index contributed by atoms with van der Waals surface area (Å²) in [6, 6.07) is 22.2. The molecule has 5 aromatic rings. The van der Waals surface area contributed by atoms with Crippen LogP contribution in [0.15, 0.2) is 71.5 Å². The molecule has 3 nitrogen and oxygen atoms in total. The lowest BCUT2D eigenvalue weighted by molar-refractivity contribution is 1.16.